The number of aryl methyl sites for hydroxylation is 6. The van der Waals surface area contributed by atoms with E-state index in [4.69, 9.17) is 0 Å². The number of fused-ring (bicyclic) bond motifs is 6. The number of rotatable bonds is 48. The Balaban J connectivity index is 0.907. The van der Waals surface area contributed by atoms with Crippen molar-refractivity contribution in [1.29, 1.82) is 0 Å². The maximum absolute atomic E-state index is 2.69. The lowest BCUT2D eigenvalue weighted by atomic mass is 9.72. The average Bonchev–Trinajstić information content (AvgIpc) is 0.639. The molecule has 138 heavy (non-hydrogen) atoms. The predicted molar refractivity (Wildman–Crippen MR) is 613 cm³/mol. The topological polar surface area (TPSA) is 0 Å². The van der Waals surface area contributed by atoms with E-state index in [0.29, 0.717) is 35.5 Å². The summed E-state index contributed by atoms with van der Waals surface area (Å²) < 4.78 is 0. The van der Waals surface area contributed by atoms with Crippen LogP contribution in [0.3, 0.4) is 0 Å². The van der Waals surface area contributed by atoms with Crippen LogP contribution in [0.4, 0.5) is 0 Å². The first-order valence-electron chi connectivity index (χ1n) is 55.7. The molecule has 0 aliphatic heterocycles. The van der Waals surface area contributed by atoms with Crippen molar-refractivity contribution >= 4 is 129 Å². The SMILES string of the molecule is CC(C)CCC[C@H](C)CCc1ccc(-c2cc3c4cc(-c5ccc(CC[C@@H](C)CCCC(C)C)cc5)cc5c6cc(-c7ccc(CC[C@@H](C)CCCC(C)C)cc7)cc7c8cc(-c9ccc(CC[C@@H](C)CCCC(C)C)cc9)cc9c%10cc(-c%11ccc(CC[C@@H](C)CCCC(C)C)cc%11)cc%11c%12cc(-c%13ccc(CC[C@@H](C)CCCC(C)C)cc%13)cc%13c(c2)c3c2c(c45)c(c67)c(c89)c(c%11%10)c2c%13%12)cc1. The van der Waals surface area contributed by atoms with Crippen LogP contribution in [0.25, 0.3) is 196 Å². The fourth-order valence-electron chi connectivity index (χ4n) is 25.0. The monoisotopic (exact) mass is 1820 g/mol. The van der Waals surface area contributed by atoms with E-state index in [0.717, 1.165) is 74.0 Å². The van der Waals surface area contributed by atoms with E-state index in [2.05, 4.69) is 343 Å². The van der Waals surface area contributed by atoms with E-state index < -0.39 is 0 Å². The highest BCUT2D eigenvalue weighted by atomic mass is 14.4. The van der Waals surface area contributed by atoms with Gasteiger partial charge in [0.2, 0.25) is 0 Å². The molecule has 714 valence electrons. The fourth-order valence-corrected chi connectivity index (χ4v) is 25.0. The van der Waals surface area contributed by atoms with Gasteiger partial charge in [-0.05, 0) is 450 Å². The van der Waals surface area contributed by atoms with Gasteiger partial charge >= 0.3 is 0 Å². The van der Waals surface area contributed by atoms with Gasteiger partial charge in [-0.15, -0.1) is 0 Å². The summed E-state index contributed by atoms with van der Waals surface area (Å²) in [5.74, 6) is 8.68. The van der Waals surface area contributed by atoms with Crippen LogP contribution < -0.4 is 0 Å². The summed E-state index contributed by atoms with van der Waals surface area (Å²) in [6, 6.07) is 92.0. The second-order valence-corrected chi connectivity index (χ2v) is 47.9. The molecular formula is C138H162. The molecule has 0 bridgehead atoms. The third kappa shape index (κ3) is 20.7. The summed E-state index contributed by atoms with van der Waals surface area (Å²) in [5, 5.41) is 33.3. The molecule has 0 heteroatoms. The molecule has 0 saturated carbocycles. The Morgan fingerprint density at radius 2 is 0.239 bits per heavy atom. The predicted octanol–water partition coefficient (Wildman–Crippen LogP) is 42.5. The molecule has 6 atom stereocenters. The molecule has 0 aromatic heterocycles. The first-order valence-corrected chi connectivity index (χ1v) is 55.7. The molecule has 19 aromatic carbocycles. The van der Waals surface area contributed by atoms with Gasteiger partial charge in [-0.2, -0.15) is 0 Å². The van der Waals surface area contributed by atoms with Crippen LogP contribution in [0.5, 0.6) is 0 Å². The zero-order valence-electron chi connectivity index (χ0n) is 87.9. The molecule has 0 amide bonds. The normalized spacial score (nSPS) is 14.1. The van der Waals surface area contributed by atoms with E-state index >= 15 is 0 Å². The third-order valence-corrected chi connectivity index (χ3v) is 33.7. The molecule has 19 rings (SSSR count). The van der Waals surface area contributed by atoms with Crippen molar-refractivity contribution in [1.82, 2.24) is 0 Å². The van der Waals surface area contributed by atoms with E-state index in [9.17, 15) is 0 Å². The molecule has 0 aliphatic carbocycles. The summed E-state index contributed by atoms with van der Waals surface area (Å²) in [5.41, 5.74) is 24.0. The Kier molecular flexibility index (Phi) is 29.7. The molecule has 0 heterocycles. The molecule has 0 nitrogen and oxygen atoms in total. The van der Waals surface area contributed by atoms with Gasteiger partial charge in [0.1, 0.15) is 0 Å². The molecule has 0 saturated heterocycles. The highest BCUT2D eigenvalue weighted by Crippen LogP contribution is 2.63. The van der Waals surface area contributed by atoms with Crippen LogP contribution in [-0.4, -0.2) is 0 Å². The summed E-state index contributed by atoms with van der Waals surface area (Å²) in [4.78, 5) is 0. The summed E-state index contributed by atoms with van der Waals surface area (Å²) in [7, 11) is 0. The number of hydrogen-bond donors (Lipinski definition) is 0. The maximum atomic E-state index is 2.69. The molecule has 0 N–H and O–H groups in total. The molecule has 19 aromatic rings. The Hall–Kier alpha value is -10.1. The Labute approximate surface area is 830 Å². The van der Waals surface area contributed by atoms with Crippen LogP contribution in [0.15, 0.2) is 218 Å². The van der Waals surface area contributed by atoms with E-state index in [1.807, 2.05) is 0 Å². The van der Waals surface area contributed by atoms with Gasteiger partial charge in [0.05, 0.1) is 0 Å². The van der Waals surface area contributed by atoms with Gasteiger partial charge in [-0.1, -0.05) is 386 Å². The Morgan fingerprint density at radius 1 is 0.123 bits per heavy atom. The van der Waals surface area contributed by atoms with Gasteiger partial charge in [-0.3, -0.25) is 0 Å². The molecule has 0 spiro atoms. The van der Waals surface area contributed by atoms with Gasteiger partial charge < -0.3 is 0 Å². The van der Waals surface area contributed by atoms with Crippen molar-refractivity contribution in [2.75, 3.05) is 0 Å². The van der Waals surface area contributed by atoms with Crippen LogP contribution in [0.1, 0.15) is 312 Å². The van der Waals surface area contributed by atoms with Crippen molar-refractivity contribution in [3.8, 4) is 66.8 Å². The smallest absolute Gasteiger partial charge is 0.0000469 e. The van der Waals surface area contributed by atoms with Crippen molar-refractivity contribution in [3.63, 3.8) is 0 Å². The van der Waals surface area contributed by atoms with Gasteiger partial charge in [0.15, 0.2) is 0 Å². The van der Waals surface area contributed by atoms with Crippen LogP contribution in [0.2, 0.25) is 0 Å². The Bertz CT molecular complexity index is 5920. The lowest BCUT2D eigenvalue weighted by Gasteiger charge is -2.30. The minimum absolute atomic E-state index is 0.695. The number of benzene rings is 19. The first kappa shape index (κ1) is 96.7. The van der Waals surface area contributed by atoms with Gasteiger partial charge in [0, 0.05) is 0 Å². The van der Waals surface area contributed by atoms with E-state index in [1.165, 1.54) is 384 Å². The summed E-state index contributed by atoms with van der Waals surface area (Å²) >= 11 is 0. The Morgan fingerprint density at radius 3 is 0.348 bits per heavy atom. The average molecular weight is 1820 g/mol. The van der Waals surface area contributed by atoms with Crippen molar-refractivity contribution in [2.45, 2.75) is 317 Å². The fraction of sp³-hybridized carbons (Fsp3) is 0.435. The summed E-state index contributed by atoms with van der Waals surface area (Å²) in [6.07, 6.45) is 37.4. The van der Waals surface area contributed by atoms with E-state index in [-0.39, 0.29) is 0 Å². The van der Waals surface area contributed by atoms with Gasteiger partial charge in [0.25, 0.3) is 0 Å². The third-order valence-electron chi connectivity index (χ3n) is 33.7. The lowest BCUT2D eigenvalue weighted by Crippen LogP contribution is -2.02. The number of hydrogen-bond acceptors (Lipinski definition) is 0. The second-order valence-electron chi connectivity index (χ2n) is 47.9. The van der Waals surface area contributed by atoms with Crippen LogP contribution in [-0.2, 0) is 38.5 Å². The van der Waals surface area contributed by atoms with E-state index in [1.54, 1.807) is 0 Å². The van der Waals surface area contributed by atoms with Crippen molar-refractivity contribution in [2.24, 2.45) is 71.0 Å². The molecule has 0 radical (unpaired) electrons. The van der Waals surface area contributed by atoms with Crippen molar-refractivity contribution in [3.05, 3.63) is 252 Å². The molecule has 0 unspecified atom stereocenters. The quantitative estimate of drug-likeness (QED) is 0.0263. The summed E-state index contributed by atoms with van der Waals surface area (Å²) in [6.45, 7) is 43.5. The minimum Gasteiger partial charge on any atom is -0.0628 e. The molecule has 0 aliphatic rings. The highest BCUT2D eigenvalue weighted by Gasteiger charge is 2.35. The maximum Gasteiger partial charge on any atom is -0.0000469 e. The van der Waals surface area contributed by atoms with Gasteiger partial charge in [-0.25, -0.2) is 0 Å². The van der Waals surface area contributed by atoms with Crippen LogP contribution >= 0.6 is 0 Å². The second kappa shape index (κ2) is 42.3. The molecule has 0 fully saturated rings. The largest absolute Gasteiger partial charge is 0.0628 e. The molecular weight excluding hydrogens is 1660 g/mol. The lowest BCUT2D eigenvalue weighted by molar-refractivity contribution is 0.437. The zero-order valence-corrected chi connectivity index (χ0v) is 87.9. The van der Waals surface area contributed by atoms with Crippen molar-refractivity contribution < 1.29 is 0 Å². The standard InChI is InChI=1S/C138H162/c1-85(2)25-19-31-91(13)37-43-97-49-61-103(62-50-97)109-73-115-117-75-110(104-63-51-98(52-64-104)44-38-92(14)32-20-26-86(3)4)77-119-121-79-112(106-67-55-100(56-68-106)46-40-94(16)34-22-28-88(7)8)81-123-125-83-114(108-71-59-102(60-72-108)48-42-96(18)36-24-30-90(11)12)84-126-124-82-113(107-69-57-101(58-70-107)47-41-95(17)35-23-29-89(9)10)80-122-120-78-111(105-65-53-99(54-66-105)45-39-93(15)33-21-27-87(5)6)76-118-116(74-109)127(115)133-134(128(117)119)136(130(121)123)138(132(125)126)137(131(122)124)135(133)129(118)120/h49-96H,19-48H2,1-18H3/t91-,92-,93-,94-,95-,96-/m0/s1. The first-order chi connectivity index (χ1) is 66.8. The minimum atomic E-state index is 0.695. The zero-order chi connectivity index (χ0) is 95.8. The highest BCUT2D eigenvalue weighted by molar-refractivity contribution is 6.61. The van der Waals surface area contributed by atoms with Crippen LogP contribution in [0, 0.1) is 71.0 Å².